The summed E-state index contributed by atoms with van der Waals surface area (Å²) in [5.41, 5.74) is 5.74. The Labute approximate surface area is 222 Å². The molecule has 5 rings (SSSR count). The van der Waals surface area contributed by atoms with Crippen LogP contribution in [0.15, 0.2) is 90.0 Å². The molecule has 188 valence electrons. The molecular weight excluding hydrogens is 482 g/mol. The summed E-state index contributed by atoms with van der Waals surface area (Å²) in [4.78, 5) is 18.9. The summed E-state index contributed by atoms with van der Waals surface area (Å²) in [5, 5.41) is 5.02. The summed E-state index contributed by atoms with van der Waals surface area (Å²) in [6, 6.07) is 28.4. The van der Waals surface area contributed by atoms with Crippen molar-refractivity contribution in [1.82, 2.24) is 15.0 Å². The van der Waals surface area contributed by atoms with Crippen LogP contribution in [0.5, 0.6) is 0 Å². The summed E-state index contributed by atoms with van der Waals surface area (Å²) in [7, 11) is 0. The zero-order valence-corrected chi connectivity index (χ0v) is 21.8. The van der Waals surface area contributed by atoms with Crippen molar-refractivity contribution in [3.8, 4) is 0 Å². The van der Waals surface area contributed by atoms with Crippen molar-refractivity contribution >= 4 is 47.0 Å². The Hall–Kier alpha value is -3.97. The molecule has 1 aromatic heterocycles. The summed E-state index contributed by atoms with van der Waals surface area (Å²) in [6.45, 7) is 4.46. The predicted octanol–water partition coefficient (Wildman–Crippen LogP) is 7.21. The van der Waals surface area contributed by atoms with Crippen molar-refractivity contribution in [2.24, 2.45) is 5.10 Å². The third-order valence-corrected chi connectivity index (χ3v) is 6.88. The molecule has 1 fully saturated rings. The molecule has 1 aliphatic rings. The first kappa shape index (κ1) is 24.7. The molecule has 8 heteroatoms. The predicted molar refractivity (Wildman–Crippen MR) is 152 cm³/mol. The molecule has 0 spiro atoms. The molecule has 2 heterocycles. The van der Waals surface area contributed by atoms with Gasteiger partial charge in [0.2, 0.25) is 17.8 Å². The van der Waals surface area contributed by atoms with Gasteiger partial charge in [-0.25, -0.2) is 5.43 Å². The zero-order chi connectivity index (χ0) is 25.6. The smallest absolute Gasteiger partial charge is 0.250 e. The maximum atomic E-state index is 6.29. The summed E-state index contributed by atoms with van der Waals surface area (Å²) in [6.07, 6.45) is 5.06. The number of anilines is 5. The van der Waals surface area contributed by atoms with Crippen molar-refractivity contribution in [3.63, 3.8) is 0 Å². The van der Waals surface area contributed by atoms with Crippen LogP contribution in [0.3, 0.4) is 0 Å². The van der Waals surface area contributed by atoms with E-state index in [1.54, 1.807) is 6.21 Å². The maximum absolute atomic E-state index is 6.29. The highest BCUT2D eigenvalue weighted by molar-refractivity contribution is 6.33. The minimum absolute atomic E-state index is 0.320. The molecule has 2 atom stereocenters. The third kappa shape index (κ3) is 5.73. The van der Waals surface area contributed by atoms with Crippen LogP contribution in [-0.2, 0) is 0 Å². The second kappa shape index (κ2) is 11.4. The molecule has 3 aromatic carbocycles. The van der Waals surface area contributed by atoms with Gasteiger partial charge in [-0.05, 0) is 63.4 Å². The molecular formula is C29H30ClN7. The highest BCUT2D eigenvalue weighted by Gasteiger charge is 2.29. The summed E-state index contributed by atoms with van der Waals surface area (Å²) >= 11 is 6.29. The third-order valence-electron chi connectivity index (χ3n) is 6.54. The number of para-hydroxylation sites is 2. The average molecular weight is 512 g/mol. The summed E-state index contributed by atoms with van der Waals surface area (Å²) in [5.74, 6) is 1.52. The largest absolute Gasteiger partial charge is 0.335 e. The number of piperidine rings is 1. The molecule has 37 heavy (non-hydrogen) atoms. The van der Waals surface area contributed by atoms with Crippen molar-refractivity contribution in [2.45, 2.75) is 45.2 Å². The average Bonchev–Trinajstić information content (AvgIpc) is 2.91. The van der Waals surface area contributed by atoms with Crippen molar-refractivity contribution in [3.05, 3.63) is 95.5 Å². The molecule has 0 aliphatic carbocycles. The van der Waals surface area contributed by atoms with E-state index in [0.717, 1.165) is 29.8 Å². The van der Waals surface area contributed by atoms with E-state index in [0.29, 0.717) is 35.0 Å². The second-order valence-corrected chi connectivity index (χ2v) is 9.60. The monoisotopic (exact) mass is 511 g/mol. The van der Waals surface area contributed by atoms with Gasteiger partial charge in [0.25, 0.3) is 0 Å². The number of benzene rings is 3. The van der Waals surface area contributed by atoms with Gasteiger partial charge < -0.3 is 4.90 Å². The van der Waals surface area contributed by atoms with Gasteiger partial charge in [-0.15, -0.1) is 0 Å². The molecule has 2 unspecified atom stereocenters. The van der Waals surface area contributed by atoms with E-state index in [1.807, 2.05) is 89.8 Å². The second-order valence-electron chi connectivity index (χ2n) is 9.19. The van der Waals surface area contributed by atoms with Crippen LogP contribution in [0.4, 0.5) is 29.2 Å². The number of rotatable bonds is 7. The molecule has 1 aliphatic heterocycles. The van der Waals surface area contributed by atoms with Gasteiger partial charge in [0.05, 0.1) is 6.21 Å². The van der Waals surface area contributed by atoms with E-state index in [1.165, 1.54) is 6.42 Å². The molecule has 0 saturated carbocycles. The molecule has 7 nitrogen and oxygen atoms in total. The van der Waals surface area contributed by atoms with Crippen molar-refractivity contribution in [2.75, 3.05) is 15.2 Å². The lowest BCUT2D eigenvalue weighted by Crippen LogP contribution is -2.45. The topological polar surface area (TPSA) is 69.5 Å². The SMILES string of the molecule is CC1CCCC(C)N1c1nc(N/N=C/c2ccccc2Cl)nc(N(c2ccccc2)c2ccccc2)n1. The quantitative estimate of drug-likeness (QED) is 0.209. The van der Waals surface area contributed by atoms with E-state index < -0.39 is 0 Å². The molecule has 0 bridgehead atoms. The highest BCUT2D eigenvalue weighted by Crippen LogP contribution is 2.34. The number of aromatic nitrogens is 3. The number of nitrogens with zero attached hydrogens (tertiary/aromatic N) is 6. The van der Waals surface area contributed by atoms with E-state index in [4.69, 9.17) is 26.6 Å². The zero-order valence-electron chi connectivity index (χ0n) is 21.0. The Morgan fingerprint density at radius 3 is 2.05 bits per heavy atom. The Bertz CT molecular complexity index is 1300. The van der Waals surface area contributed by atoms with Crippen LogP contribution in [0.25, 0.3) is 0 Å². The van der Waals surface area contributed by atoms with Gasteiger partial charge >= 0.3 is 0 Å². The van der Waals surface area contributed by atoms with E-state index in [9.17, 15) is 0 Å². The van der Waals surface area contributed by atoms with Gasteiger partial charge in [-0.2, -0.15) is 20.1 Å². The first-order valence-electron chi connectivity index (χ1n) is 12.6. The number of hydrogen-bond acceptors (Lipinski definition) is 7. The van der Waals surface area contributed by atoms with Crippen LogP contribution in [0.2, 0.25) is 5.02 Å². The summed E-state index contributed by atoms with van der Waals surface area (Å²) < 4.78 is 0. The molecule has 1 N–H and O–H groups in total. The lowest BCUT2D eigenvalue weighted by molar-refractivity contribution is 0.407. The first-order chi connectivity index (χ1) is 18.1. The van der Waals surface area contributed by atoms with Crippen LogP contribution < -0.4 is 15.2 Å². The lowest BCUT2D eigenvalue weighted by atomic mass is 9.98. The Morgan fingerprint density at radius 1 is 0.838 bits per heavy atom. The van der Waals surface area contributed by atoms with Gasteiger partial charge in [0, 0.05) is 34.0 Å². The fourth-order valence-corrected chi connectivity index (χ4v) is 4.89. The lowest BCUT2D eigenvalue weighted by Gasteiger charge is -2.39. The molecule has 0 radical (unpaired) electrons. The standard InChI is InChI=1S/C29H30ClN7/c1-21-12-11-13-22(2)36(21)28-32-27(35-31-20-23-14-9-10-19-26(23)30)33-29(34-28)37(24-15-5-3-6-16-24)25-17-7-4-8-18-25/h3-10,14-22H,11-13H2,1-2H3,(H,32,33,34,35)/b31-20+. The highest BCUT2D eigenvalue weighted by atomic mass is 35.5. The Kier molecular flexibility index (Phi) is 7.61. The minimum atomic E-state index is 0.320. The molecule has 1 saturated heterocycles. The van der Waals surface area contributed by atoms with E-state index in [-0.39, 0.29) is 0 Å². The van der Waals surface area contributed by atoms with Crippen molar-refractivity contribution in [1.29, 1.82) is 0 Å². The maximum Gasteiger partial charge on any atom is 0.250 e. The number of hydrogen-bond donors (Lipinski definition) is 1. The van der Waals surface area contributed by atoms with Gasteiger partial charge in [-0.3, -0.25) is 4.90 Å². The number of hydrazone groups is 1. The van der Waals surface area contributed by atoms with Gasteiger partial charge in [-0.1, -0.05) is 66.2 Å². The fraction of sp³-hybridized carbons (Fsp3) is 0.241. The minimum Gasteiger partial charge on any atom is -0.335 e. The first-order valence-corrected chi connectivity index (χ1v) is 13.0. The molecule has 4 aromatic rings. The van der Waals surface area contributed by atoms with E-state index in [2.05, 4.69) is 29.3 Å². The van der Waals surface area contributed by atoms with E-state index >= 15 is 0 Å². The van der Waals surface area contributed by atoms with Gasteiger partial charge in [0.1, 0.15) is 0 Å². The number of halogens is 1. The molecule has 0 amide bonds. The fourth-order valence-electron chi connectivity index (χ4n) is 4.71. The normalized spacial score (nSPS) is 17.6. The van der Waals surface area contributed by atoms with Crippen molar-refractivity contribution < 1.29 is 0 Å². The van der Waals surface area contributed by atoms with Crippen LogP contribution in [-0.4, -0.2) is 33.3 Å². The van der Waals surface area contributed by atoms with Crippen LogP contribution >= 0.6 is 11.6 Å². The van der Waals surface area contributed by atoms with Crippen LogP contribution in [0.1, 0.15) is 38.7 Å². The van der Waals surface area contributed by atoms with Crippen LogP contribution in [0, 0.1) is 0 Å². The Balaban J connectivity index is 1.59. The van der Waals surface area contributed by atoms with Gasteiger partial charge in [0.15, 0.2) is 0 Å². The number of nitrogens with one attached hydrogen (secondary N) is 1. The Morgan fingerprint density at radius 2 is 1.43 bits per heavy atom.